The Bertz CT molecular complexity index is 1380. The molecule has 2 saturated heterocycles. The van der Waals surface area contributed by atoms with E-state index < -0.39 is 18.1 Å². The Morgan fingerprint density at radius 1 is 0.902 bits per heavy atom. The van der Waals surface area contributed by atoms with Crippen molar-refractivity contribution in [3.63, 3.8) is 0 Å². The van der Waals surface area contributed by atoms with Crippen LogP contribution in [0.3, 0.4) is 0 Å². The summed E-state index contributed by atoms with van der Waals surface area (Å²) in [7, 11) is 0. The summed E-state index contributed by atoms with van der Waals surface area (Å²) >= 11 is 0. The lowest BCUT2D eigenvalue weighted by Crippen LogP contribution is -2.52. The van der Waals surface area contributed by atoms with E-state index in [1.165, 1.54) is 24.4 Å². The second kappa shape index (κ2) is 13.0. The lowest BCUT2D eigenvalue weighted by Gasteiger charge is -2.35. The molecule has 41 heavy (non-hydrogen) atoms. The van der Waals surface area contributed by atoms with E-state index in [2.05, 4.69) is 21.3 Å². The van der Waals surface area contributed by atoms with E-state index in [0.29, 0.717) is 63.4 Å². The Hall–Kier alpha value is -4.20. The van der Waals surface area contributed by atoms with Gasteiger partial charge in [0, 0.05) is 58.6 Å². The number of nitrogens with zero attached hydrogens (tertiary/aromatic N) is 5. The Kier molecular flexibility index (Phi) is 8.97. The van der Waals surface area contributed by atoms with Gasteiger partial charge in [-0.3, -0.25) is 24.4 Å². The number of alkyl halides is 1. The van der Waals surface area contributed by atoms with Crippen molar-refractivity contribution in [1.82, 2.24) is 25.0 Å². The highest BCUT2D eigenvalue weighted by Gasteiger charge is 2.31. The van der Waals surface area contributed by atoms with E-state index in [1.54, 1.807) is 35.2 Å². The van der Waals surface area contributed by atoms with Crippen molar-refractivity contribution < 1.29 is 18.4 Å². The number of halogens is 2. The Morgan fingerprint density at radius 3 is 2.17 bits per heavy atom. The summed E-state index contributed by atoms with van der Waals surface area (Å²) in [6.45, 7) is 4.62. The van der Waals surface area contributed by atoms with Crippen LogP contribution in [0.2, 0.25) is 0 Å². The normalized spacial score (nSPS) is 19.9. The second-order valence-electron chi connectivity index (χ2n) is 10.6. The number of carbonyl (C=O) groups excluding carboxylic acids is 2. The lowest BCUT2D eigenvalue weighted by molar-refractivity contribution is 0.0627. The topological polar surface area (TPSA) is 92.6 Å². The van der Waals surface area contributed by atoms with Crippen LogP contribution in [-0.2, 0) is 13.1 Å². The van der Waals surface area contributed by atoms with E-state index in [4.69, 9.17) is 5.26 Å². The fourth-order valence-electron chi connectivity index (χ4n) is 5.25. The summed E-state index contributed by atoms with van der Waals surface area (Å²) in [6.07, 6.45) is 0.635. The molecular formula is C31H32F2N6O2. The molecule has 0 bridgehead atoms. The number of benzene rings is 2. The van der Waals surface area contributed by atoms with E-state index in [0.717, 1.165) is 11.1 Å². The molecule has 1 aromatic heterocycles. The number of rotatable bonds is 7. The van der Waals surface area contributed by atoms with Crippen LogP contribution in [0.1, 0.15) is 44.0 Å². The number of carbonyl (C=O) groups is 2. The van der Waals surface area contributed by atoms with Crippen molar-refractivity contribution in [2.24, 2.45) is 0 Å². The van der Waals surface area contributed by atoms with Gasteiger partial charge in [-0.25, -0.2) is 8.78 Å². The van der Waals surface area contributed by atoms with Gasteiger partial charge in [-0.1, -0.05) is 24.3 Å². The predicted molar refractivity (Wildman–Crippen MR) is 149 cm³/mol. The summed E-state index contributed by atoms with van der Waals surface area (Å²) in [5.41, 5.74) is 3.15. The zero-order chi connectivity index (χ0) is 28.8. The van der Waals surface area contributed by atoms with Crippen molar-refractivity contribution >= 4 is 11.8 Å². The first kappa shape index (κ1) is 28.3. The third-order valence-corrected chi connectivity index (χ3v) is 7.65. The Labute approximate surface area is 238 Å². The van der Waals surface area contributed by atoms with Crippen LogP contribution in [0.5, 0.6) is 0 Å². The van der Waals surface area contributed by atoms with Gasteiger partial charge >= 0.3 is 0 Å². The summed E-state index contributed by atoms with van der Waals surface area (Å²) in [4.78, 5) is 35.9. The van der Waals surface area contributed by atoms with E-state index in [9.17, 15) is 18.4 Å². The fourth-order valence-corrected chi connectivity index (χ4v) is 5.25. The first-order valence-electron chi connectivity index (χ1n) is 13.8. The van der Waals surface area contributed by atoms with Gasteiger partial charge < -0.3 is 10.2 Å². The molecule has 1 N–H and O–H groups in total. The van der Waals surface area contributed by atoms with Crippen molar-refractivity contribution in [3.8, 4) is 6.07 Å². The molecular weight excluding hydrogens is 526 g/mol. The molecule has 2 amide bonds. The van der Waals surface area contributed by atoms with Crippen LogP contribution in [0, 0.1) is 17.1 Å². The van der Waals surface area contributed by atoms with Gasteiger partial charge in [0.05, 0.1) is 23.2 Å². The molecule has 2 fully saturated rings. The number of piperidine rings is 1. The first-order chi connectivity index (χ1) is 19.9. The third kappa shape index (κ3) is 7.31. The molecule has 3 heterocycles. The summed E-state index contributed by atoms with van der Waals surface area (Å²) in [6, 6.07) is 18.2. The Balaban J connectivity index is 1.07. The maximum atomic E-state index is 14.9. The molecule has 0 saturated carbocycles. The van der Waals surface area contributed by atoms with Crippen LogP contribution in [0.15, 0.2) is 66.9 Å². The minimum atomic E-state index is -1.23. The van der Waals surface area contributed by atoms with Crippen LogP contribution in [-0.4, -0.2) is 83.0 Å². The van der Waals surface area contributed by atoms with Crippen molar-refractivity contribution in [3.05, 3.63) is 101 Å². The SMILES string of the molecule is N#Cc1ccc(CN2CC[C@H](NC(=O)c3ccc(C(=O)N4CCN(Cc5ccc(F)cc5)CC4)cn3)[C@H](F)C2)cc1. The number of hydrogen-bond acceptors (Lipinski definition) is 6. The predicted octanol–water partition coefficient (Wildman–Crippen LogP) is 3.39. The summed E-state index contributed by atoms with van der Waals surface area (Å²) in [5, 5.41) is 11.7. The second-order valence-corrected chi connectivity index (χ2v) is 10.6. The molecule has 0 radical (unpaired) electrons. The van der Waals surface area contributed by atoms with Crippen molar-refractivity contribution in [2.75, 3.05) is 39.3 Å². The number of amides is 2. The molecule has 2 aliphatic rings. The van der Waals surface area contributed by atoms with Gasteiger partial charge in [-0.2, -0.15) is 5.26 Å². The molecule has 10 heteroatoms. The number of aromatic nitrogens is 1. The van der Waals surface area contributed by atoms with Crippen molar-refractivity contribution in [1.29, 1.82) is 5.26 Å². The minimum absolute atomic E-state index is 0.137. The van der Waals surface area contributed by atoms with Crippen LogP contribution in [0.4, 0.5) is 8.78 Å². The smallest absolute Gasteiger partial charge is 0.270 e. The molecule has 0 unspecified atom stereocenters. The minimum Gasteiger partial charge on any atom is -0.345 e. The molecule has 0 spiro atoms. The van der Waals surface area contributed by atoms with Crippen LogP contribution < -0.4 is 5.32 Å². The molecule has 0 aliphatic carbocycles. The highest BCUT2D eigenvalue weighted by atomic mass is 19.1. The van der Waals surface area contributed by atoms with Crippen LogP contribution >= 0.6 is 0 Å². The number of likely N-dealkylation sites (tertiary alicyclic amines) is 1. The van der Waals surface area contributed by atoms with Crippen molar-refractivity contribution in [2.45, 2.75) is 31.7 Å². The first-order valence-corrected chi connectivity index (χ1v) is 13.8. The Morgan fingerprint density at radius 2 is 1.56 bits per heavy atom. The van der Waals surface area contributed by atoms with E-state index in [-0.39, 0.29) is 24.0 Å². The number of nitriles is 1. The zero-order valence-electron chi connectivity index (χ0n) is 22.7. The maximum Gasteiger partial charge on any atom is 0.270 e. The zero-order valence-corrected chi connectivity index (χ0v) is 22.7. The van der Waals surface area contributed by atoms with Gasteiger partial charge in [-0.05, 0) is 53.9 Å². The molecule has 2 atom stereocenters. The monoisotopic (exact) mass is 558 g/mol. The molecule has 212 valence electrons. The largest absolute Gasteiger partial charge is 0.345 e. The number of hydrogen-bond donors (Lipinski definition) is 1. The highest BCUT2D eigenvalue weighted by Crippen LogP contribution is 2.18. The van der Waals surface area contributed by atoms with Gasteiger partial charge in [0.25, 0.3) is 11.8 Å². The van der Waals surface area contributed by atoms with Gasteiger partial charge in [0.1, 0.15) is 17.7 Å². The number of piperazine rings is 1. The molecule has 2 aromatic carbocycles. The van der Waals surface area contributed by atoms with Gasteiger partial charge in [0.15, 0.2) is 0 Å². The van der Waals surface area contributed by atoms with E-state index in [1.807, 2.05) is 17.0 Å². The average molecular weight is 559 g/mol. The number of nitrogens with one attached hydrogen (secondary N) is 1. The van der Waals surface area contributed by atoms with Gasteiger partial charge in [0.2, 0.25) is 0 Å². The van der Waals surface area contributed by atoms with Crippen LogP contribution in [0.25, 0.3) is 0 Å². The third-order valence-electron chi connectivity index (χ3n) is 7.65. The lowest BCUT2D eigenvalue weighted by atomic mass is 10.0. The molecule has 3 aromatic rings. The quantitative estimate of drug-likeness (QED) is 0.478. The molecule has 8 nitrogen and oxygen atoms in total. The highest BCUT2D eigenvalue weighted by molar-refractivity contribution is 5.96. The average Bonchev–Trinajstić information content (AvgIpc) is 3.00. The van der Waals surface area contributed by atoms with E-state index >= 15 is 0 Å². The fraction of sp³-hybridized carbons (Fsp3) is 0.355. The maximum absolute atomic E-state index is 14.9. The standard InChI is InChI=1S/C31H32F2N6O2/c32-26-8-5-24(6-9-26)19-37-13-15-39(16-14-37)31(41)25-7-10-29(35-18-25)30(40)36-28-11-12-38(21-27(28)33)20-23-3-1-22(17-34)2-4-23/h1-10,18,27-28H,11-16,19-21H2,(H,36,40)/t27-,28+/m1/s1. The number of pyridine rings is 1. The summed E-state index contributed by atoms with van der Waals surface area (Å²) in [5.74, 6) is -0.874. The molecule has 2 aliphatic heterocycles. The molecule has 5 rings (SSSR count). The summed E-state index contributed by atoms with van der Waals surface area (Å²) < 4.78 is 28.1. The van der Waals surface area contributed by atoms with Gasteiger partial charge in [-0.15, -0.1) is 0 Å².